The fraction of sp³-hybridized carbons (Fsp3) is 0.500. The molecule has 1 aliphatic rings. The smallest absolute Gasteiger partial charge is 0.253 e. The van der Waals surface area contributed by atoms with Crippen molar-refractivity contribution in [2.75, 3.05) is 19.7 Å². The molecular formula is C14H19NO2S. The Morgan fingerprint density at radius 3 is 2.50 bits per heavy atom. The van der Waals surface area contributed by atoms with E-state index in [1.807, 2.05) is 36.1 Å². The van der Waals surface area contributed by atoms with Gasteiger partial charge in [0.15, 0.2) is 0 Å². The SMILES string of the molecule is CCOC1CCN(C(=O)c2ccc(S)cc2)CC1. The first-order valence-corrected chi connectivity index (χ1v) is 6.85. The average molecular weight is 265 g/mol. The molecule has 3 nitrogen and oxygen atoms in total. The van der Waals surface area contributed by atoms with Gasteiger partial charge in [0.25, 0.3) is 5.91 Å². The van der Waals surface area contributed by atoms with Crippen molar-refractivity contribution in [3.8, 4) is 0 Å². The monoisotopic (exact) mass is 265 g/mol. The average Bonchev–Trinajstić information content (AvgIpc) is 2.40. The van der Waals surface area contributed by atoms with Crippen molar-refractivity contribution in [3.05, 3.63) is 29.8 Å². The van der Waals surface area contributed by atoms with Gasteiger partial charge >= 0.3 is 0 Å². The first-order valence-electron chi connectivity index (χ1n) is 6.40. The Kier molecular flexibility index (Phi) is 4.66. The fourth-order valence-electron chi connectivity index (χ4n) is 2.25. The molecule has 0 bridgehead atoms. The highest BCUT2D eigenvalue weighted by atomic mass is 32.1. The number of rotatable bonds is 3. The zero-order chi connectivity index (χ0) is 13.0. The van der Waals surface area contributed by atoms with Gasteiger partial charge in [-0.3, -0.25) is 4.79 Å². The van der Waals surface area contributed by atoms with Crippen LogP contribution in [0.3, 0.4) is 0 Å². The first kappa shape index (κ1) is 13.4. The van der Waals surface area contributed by atoms with Crippen LogP contribution in [-0.2, 0) is 4.74 Å². The molecule has 1 aliphatic heterocycles. The van der Waals surface area contributed by atoms with Crippen molar-refractivity contribution >= 4 is 18.5 Å². The number of carbonyl (C=O) groups is 1. The Bertz CT molecular complexity index is 397. The van der Waals surface area contributed by atoms with Crippen molar-refractivity contribution in [2.24, 2.45) is 0 Å². The summed E-state index contributed by atoms with van der Waals surface area (Å²) in [5.74, 6) is 0.110. The minimum Gasteiger partial charge on any atom is -0.378 e. The normalized spacial score (nSPS) is 16.9. The molecule has 1 aromatic rings. The Labute approximate surface area is 114 Å². The predicted octanol–water partition coefficient (Wildman–Crippen LogP) is 2.62. The van der Waals surface area contributed by atoms with E-state index in [0.717, 1.165) is 43.0 Å². The summed E-state index contributed by atoms with van der Waals surface area (Å²) in [5, 5.41) is 0. The number of hydrogen-bond donors (Lipinski definition) is 1. The summed E-state index contributed by atoms with van der Waals surface area (Å²) in [6, 6.07) is 7.37. The second kappa shape index (κ2) is 6.25. The van der Waals surface area contributed by atoms with Crippen molar-refractivity contribution < 1.29 is 9.53 Å². The molecule has 0 aromatic heterocycles. The second-order valence-electron chi connectivity index (χ2n) is 4.49. The van der Waals surface area contributed by atoms with Crippen LogP contribution in [0.25, 0.3) is 0 Å². The number of piperidine rings is 1. The van der Waals surface area contributed by atoms with Crippen molar-refractivity contribution in [3.63, 3.8) is 0 Å². The van der Waals surface area contributed by atoms with E-state index in [0.29, 0.717) is 6.10 Å². The summed E-state index contributed by atoms with van der Waals surface area (Å²) in [7, 11) is 0. The minimum absolute atomic E-state index is 0.110. The van der Waals surface area contributed by atoms with Crippen molar-refractivity contribution in [1.29, 1.82) is 0 Å². The van der Waals surface area contributed by atoms with Crippen LogP contribution in [0.2, 0.25) is 0 Å². The minimum atomic E-state index is 0.110. The van der Waals surface area contributed by atoms with E-state index in [2.05, 4.69) is 12.6 Å². The number of amides is 1. The lowest BCUT2D eigenvalue weighted by molar-refractivity contribution is 0.0146. The van der Waals surface area contributed by atoms with E-state index in [4.69, 9.17) is 4.74 Å². The molecule has 4 heteroatoms. The Morgan fingerprint density at radius 2 is 1.94 bits per heavy atom. The number of hydrogen-bond acceptors (Lipinski definition) is 3. The number of ether oxygens (including phenoxy) is 1. The van der Waals surface area contributed by atoms with Crippen LogP contribution >= 0.6 is 12.6 Å². The molecule has 1 fully saturated rings. The van der Waals surface area contributed by atoms with Crippen LogP contribution in [0.4, 0.5) is 0 Å². The van der Waals surface area contributed by atoms with Gasteiger partial charge in [-0.25, -0.2) is 0 Å². The zero-order valence-corrected chi connectivity index (χ0v) is 11.5. The lowest BCUT2D eigenvalue weighted by atomic mass is 10.1. The van der Waals surface area contributed by atoms with Crippen molar-refractivity contribution in [1.82, 2.24) is 4.90 Å². The van der Waals surface area contributed by atoms with E-state index in [1.54, 1.807) is 0 Å². The standard InChI is InChI=1S/C14H19NO2S/c1-2-17-12-7-9-15(10-8-12)14(16)11-3-5-13(18)6-4-11/h3-6,12,18H,2,7-10H2,1H3. The summed E-state index contributed by atoms with van der Waals surface area (Å²) in [4.78, 5) is 15.0. The van der Waals surface area contributed by atoms with E-state index in [9.17, 15) is 4.79 Å². The Morgan fingerprint density at radius 1 is 1.33 bits per heavy atom. The third-order valence-corrected chi connectivity index (χ3v) is 3.54. The summed E-state index contributed by atoms with van der Waals surface area (Å²) < 4.78 is 5.58. The molecule has 2 rings (SSSR count). The zero-order valence-electron chi connectivity index (χ0n) is 10.6. The van der Waals surface area contributed by atoms with E-state index < -0.39 is 0 Å². The van der Waals surface area contributed by atoms with Crippen LogP contribution in [0.5, 0.6) is 0 Å². The molecule has 0 atom stereocenters. The molecule has 1 aromatic carbocycles. The Balaban J connectivity index is 1.93. The van der Waals surface area contributed by atoms with Gasteiger partial charge in [0.1, 0.15) is 0 Å². The summed E-state index contributed by atoms with van der Waals surface area (Å²) >= 11 is 4.22. The Hall–Kier alpha value is -1.00. The van der Waals surface area contributed by atoms with Gasteiger partial charge in [0, 0.05) is 30.2 Å². The van der Waals surface area contributed by atoms with Crippen LogP contribution < -0.4 is 0 Å². The summed E-state index contributed by atoms with van der Waals surface area (Å²) in [6.07, 6.45) is 2.19. The van der Waals surface area contributed by atoms with E-state index in [-0.39, 0.29) is 5.91 Å². The van der Waals surface area contributed by atoms with Crippen molar-refractivity contribution in [2.45, 2.75) is 30.8 Å². The number of thiol groups is 1. The summed E-state index contributed by atoms with van der Waals surface area (Å²) in [6.45, 7) is 4.33. The molecule has 0 aliphatic carbocycles. The maximum atomic E-state index is 12.2. The van der Waals surface area contributed by atoms with Gasteiger partial charge in [-0.15, -0.1) is 12.6 Å². The highest BCUT2D eigenvalue weighted by molar-refractivity contribution is 7.80. The van der Waals surface area contributed by atoms with Gasteiger partial charge in [-0.05, 0) is 44.0 Å². The van der Waals surface area contributed by atoms with Gasteiger partial charge < -0.3 is 9.64 Å². The molecule has 1 amide bonds. The third-order valence-electron chi connectivity index (χ3n) is 3.25. The highest BCUT2D eigenvalue weighted by Gasteiger charge is 2.23. The summed E-state index contributed by atoms with van der Waals surface area (Å²) in [5.41, 5.74) is 0.739. The molecule has 18 heavy (non-hydrogen) atoms. The largest absolute Gasteiger partial charge is 0.378 e. The highest BCUT2D eigenvalue weighted by Crippen LogP contribution is 2.17. The maximum absolute atomic E-state index is 12.2. The third kappa shape index (κ3) is 3.27. The number of nitrogens with zero attached hydrogens (tertiary/aromatic N) is 1. The first-order chi connectivity index (χ1) is 8.70. The molecule has 98 valence electrons. The van der Waals surface area contributed by atoms with Crippen LogP contribution in [0.15, 0.2) is 29.2 Å². The van der Waals surface area contributed by atoms with Crippen LogP contribution in [-0.4, -0.2) is 36.6 Å². The van der Waals surface area contributed by atoms with Gasteiger partial charge in [-0.2, -0.15) is 0 Å². The lowest BCUT2D eigenvalue weighted by Gasteiger charge is -2.31. The molecule has 0 radical (unpaired) electrons. The number of benzene rings is 1. The van der Waals surface area contributed by atoms with Crippen LogP contribution in [0, 0.1) is 0 Å². The van der Waals surface area contributed by atoms with Gasteiger partial charge in [0.2, 0.25) is 0 Å². The molecular weight excluding hydrogens is 246 g/mol. The van der Waals surface area contributed by atoms with E-state index >= 15 is 0 Å². The van der Waals surface area contributed by atoms with Gasteiger partial charge in [0.05, 0.1) is 6.10 Å². The molecule has 0 spiro atoms. The van der Waals surface area contributed by atoms with Crippen LogP contribution in [0.1, 0.15) is 30.1 Å². The number of carbonyl (C=O) groups excluding carboxylic acids is 1. The topological polar surface area (TPSA) is 29.5 Å². The van der Waals surface area contributed by atoms with Gasteiger partial charge in [-0.1, -0.05) is 0 Å². The molecule has 0 unspecified atom stereocenters. The predicted molar refractivity (Wildman–Crippen MR) is 74.2 cm³/mol. The molecule has 1 saturated heterocycles. The molecule has 0 N–H and O–H groups in total. The molecule has 0 saturated carbocycles. The second-order valence-corrected chi connectivity index (χ2v) is 5.01. The number of likely N-dealkylation sites (tertiary alicyclic amines) is 1. The maximum Gasteiger partial charge on any atom is 0.253 e. The quantitative estimate of drug-likeness (QED) is 0.851. The fourth-order valence-corrected chi connectivity index (χ4v) is 2.40. The van der Waals surface area contributed by atoms with E-state index in [1.165, 1.54) is 0 Å². The molecule has 1 heterocycles. The lowest BCUT2D eigenvalue weighted by Crippen LogP contribution is -2.40.